The summed E-state index contributed by atoms with van der Waals surface area (Å²) in [7, 11) is 3.85. The van der Waals surface area contributed by atoms with E-state index in [1.807, 2.05) is 6.92 Å². The smallest absolute Gasteiger partial charge is 0.433 e. The molecule has 13 heteroatoms. The van der Waals surface area contributed by atoms with Crippen LogP contribution in [0.3, 0.4) is 0 Å². The van der Waals surface area contributed by atoms with Gasteiger partial charge < -0.3 is 24.3 Å². The number of pyridine rings is 1. The molecular weight excluding hydrogens is 603 g/mol. The van der Waals surface area contributed by atoms with E-state index in [0.29, 0.717) is 17.7 Å². The number of aromatic nitrogens is 1. The molecule has 0 spiro atoms. The Labute approximate surface area is 255 Å². The fraction of sp³-hybridized carbons (Fsp3) is 0.281. The molecule has 1 amide bonds. The number of esters is 1. The first-order valence-electron chi connectivity index (χ1n) is 13.6. The summed E-state index contributed by atoms with van der Waals surface area (Å²) in [5, 5.41) is 2.47. The van der Waals surface area contributed by atoms with Gasteiger partial charge in [-0.2, -0.15) is 13.2 Å². The van der Waals surface area contributed by atoms with Gasteiger partial charge in [-0.15, -0.1) is 0 Å². The number of halogens is 5. The van der Waals surface area contributed by atoms with E-state index in [0.717, 1.165) is 31.4 Å². The third-order valence-electron chi connectivity index (χ3n) is 6.95. The SMILES string of the molecule is CCOCc1cc(OC)c(-c2ccc(C[C@H](NC(=O)c3c(F)cccc3F)C(=O)OC)c3ccc(C(F)(F)F)nc23)c(OC)c1. The highest BCUT2D eigenvalue weighted by Gasteiger charge is 2.34. The molecule has 0 unspecified atom stereocenters. The van der Waals surface area contributed by atoms with Gasteiger partial charge in [-0.05, 0) is 48.4 Å². The summed E-state index contributed by atoms with van der Waals surface area (Å²) in [6.07, 6.45) is -5.11. The fourth-order valence-corrected chi connectivity index (χ4v) is 4.85. The zero-order valence-electron chi connectivity index (χ0n) is 24.7. The lowest BCUT2D eigenvalue weighted by Crippen LogP contribution is -2.43. The number of rotatable bonds is 11. The number of methoxy groups -OCH3 is 3. The predicted octanol–water partition coefficient (Wildman–Crippen LogP) is 6.27. The summed E-state index contributed by atoms with van der Waals surface area (Å²) < 4.78 is 91.6. The van der Waals surface area contributed by atoms with Gasteiger partial charge in [0.05, 0.1) is 39.0 Å². The molecule has 1 N–H and O–H groups in total. The number of nitrogens with zero attached hydrogens (tertiary/aromatic N) is 1. The van der Waals surface area contributed by atoms with E-state index in [1.165, 1.54) is 32.4 Å². The van der Waals surface area contributed by atoms with Crippen LogP contribution in [0.15, 0.2) is 54.6 Å². The minimum Gasteiger partial charge on any atom is -0.496 e. The molecule has 4 rings (SSSR count). The first kappa shape index (κ1) is 33.1. The average Bonchev–Trinajstić information content (AvgIpc) is 3.01. The summed E-state index contributed by atoms with van der Waals surface area (Å²) in [6, 6.07) is 9.71. The van der Waals surface area contributed by atoms with Gasteiger partial charge in [-0.1, -0.05) is 24.3 Å². The van der Waals surface area contributed by atoms with Crippen molar-refractivity contribution in [2.75, 3.05) is 27.9 Å². The second-order valence-corrected chi connectivity index (χ2v) is 9.73. The second kappa shape index (κ2) is 13.9. The largest absolute Gasteiger partial charge is 0.496 e. The Hall–Kier alpha value is -4.78. The van der Waals surface area contributed by atoms with Gasteiger partial charge in [-0.3, -0.25) is 4.79 Å². The Bertz CT molecular complexity index is 1680. The summed E-state index contributed by atoms with van der Waals surface area (Å²) in [5.41, 5.74) is -0.665. The maximum absolute atomic E-state index is 14.3. The summed E-state index contributed by atoms with van der Waals surface area (Å²) in [5.74, 6) is -3.91. The van der Waals surface area contributed by atoms with Crippen LogP contribution >= 0.6 is 0 Å². The summed E-state index contributed by atoms with van der Waals surface area (Å²) >= 11 is 0. The lowest BCUT2D eigenvalue weighted by molar-refractivity contribution is -0.143. The maximum atomic E-state index is 14.3. The van der Waals surface area contributed by atoms with E-state index in [1.54, 1.807) is 12.1 Å². The van der Waals surface area contributed by atoms with Crippen LogP contribution in [-0.2, 0) is 33.5 Å². The molecule has 1 heterocycles. The Morgan fingerprint density at radius 1 is 0.933 bits per heavy atom. The van der Waals surface area contributed by atoms with E-state index >= 15 is 0 Å². The molecule has 0 fully saturated rings. The molecule has 0 aliphatic carbocycles. The number of hydrogen-bond acceptors (Lipinski definition) is 7. The number of fused-ring (bicyclic) bond motifs is 1. The van der Waals surface area contributed by atoms with E-state index < -0.39 is 47.0 Å². The van der Waals surface area contributed by atoms with Gasteiger partial charge in [0.2, 0.25) is 0 Å². The average molecular weight is 633 g/mol. The third-order valence-corrected chi connectivity index (χ3v) is 6.95. The molecule has 0 radical (unpaired) electrons. The standard InChI is InChI=1S/C32H29F5N2O6/c1-5-45-16-17-13-24(42-2)27(25(14-17)43-3)20-10-9-18(19-11-12-26(32(35,36)37)39-29(19)20)15-23(31(41)44-4)38-30(40)28-21(33)7-6-8-22(28)34/h6-14,23H,5,15-16H2,1-4H3,(H,38,40)/t23-/m0/s1. The molecule has 0 saturated carbocycles. The molecule has 0 aliphatic rings. The predicted molar refractivity (Wildman–Crippen MR) is 154 cm³/mol. The first-order valence-corrected chi connectivity index (χ1v) is 13.6. The number of carbonyl (C=O) groups excluding carboxylic acids is 2. The van der Waals surface area contributed by atoms with Crippen molar-refractivity contribution >= 4 is 22.8 Å². The number of alkyl halides is 3. The molecule has 3 aromatic carbocycles. The quantitative estimate of drug-likeness (QED) is 0.154. The number of ether oxygens (including phenoxy) is 4. The van der Waals surface area contributed by atoms with Crippen LogP contribution in [0.4, 0.5) is 22.0 Å². The number of carbonyl (C=O) groups is 2. The van der Waals surface area contributed by atoms with Crippen LogP contribution in [0.2, 0.25) is 0 Å². The van der Waals surface area contributed by atoms with Crippen molar-refractivity contribution in [3.8, 4) is 22.6 Å². The minimum absolute atomic E-state index is 0.105. The molecular formula is C32H29F5N2O6. The Morgan fingerprint density at radius 2 is 1.58 bits per heavy atom. The second-order valence-electron chi connectivity index (χ2n) is 9.73. The van der Waals surface area contributed by atoms with Crippen molar-refractivity contribution in [3.05, 3.63) is 88.6 Å². The molecule has 0 bridgehead atoms. The van der Waals surface area contributed by atoms with Crippen LogP contribution in [-0.4, -0.2) is 50.8 Å². The summed E-state index contributed by atoms with van der Waals surface area (Å²) in [4.78, 5) is 29.5. The summed E-state index contributed by atoms with van der Waals surface area (Å²) in [6.45, 7) is 2.51. The van der Waals surface area contributed by atoms with Crippen LogP contribution in [0.5, 0.6) is 11.5 Å². The lowest BCUT2D eigenvalue weighted by Gasteiger charge is -2.21. The molecule has 238 valence electrons. The molecule has 0 aliphatic heterocycles. The lowest BCUT2D eigenvalue weighted by atomic mass is 9.93. The van der Waals surface area contributed by atoms with Gasteiger partial charge in [0.1, 0.15) is 40.4 Å². The van der Waals surface area contributed by atoms with E-state index in [-0.39, 0.29) is 46.6 Å². The normalized spacial score (nSPS) is 12.1. The molecule has 0 saturated heterocycles. The van der Waals surface area contributed by atoms with Gasteiger partial charge >= 0.3 is 12.1 Å². The van der Waals surface area contributed by atoms with Crippen molar-refractivity contribution in [1.82, 2.24) is 10.3 Å². The molecule has 4 aromatic rings. The van der Waals surface area contributed by atoms with Crippen LogP contribution in [0, 0.1) is 11.6 Å². The number of hydrogen-bond donors (Lipinski definition) is 1. The highest BCUT2D eigenvalue weighted by molar-refractivity contribution is 6.00. The Morgan fingerprint density at radius 3 is 2.13 bits per heavy atom. The topological polar surface area (TPSA) is 96.0 Å². The maximum Gasteiger partial charge on any atom is 0.433 e. The Balaban J connectivity index is 1.87. The molecule has 8 nitrogen and oxygen atoms in total. The van der Waals surface area contributed by atoms with Crippen molar-refractivity contribution in [2.45, 2.75) is 32.2 Å². The highest BCUT2D eigenvalue weighted by Crippen LogP contribution is 2.44. The minimum atomic E-state index is -4.79. The fourth-order valence-electron chi connectivity index (χ4n) is 4.85. The molecule has 1 aromatic heterocycles. The van der Waals surface area contributed by atoms with Crippen molar-refractivity contribution in [1.29, 1.82) is 0 Å². The third kappa shape index (κ3) is 7.14. The van der Waals surface area contributed by atoms with Crippen LogP contribution in [0.25, 0.3) is 22.0 Å². The highest BCUT2D eigenvalue weighted by atomic mass is 19.4. The zero-order valence-corrected chi connectivity index (χ0v) is 24.7. The van der Waals surface area contributed by atoms with Crippen LogP contribution in [0.1, 0.15) is 34.1 Å². The van der Waals surface area contributed by atoms with E-state index in [4.69, 9.17) is 18.9 Å². The van der Waals surface area contributed by atoms with Crippen LogP contribution < -0.4 is 14.8 Å². The molecule has 45 heavy (non-hydrogen) atoms. The van der Waals surface area contributed by atoms with Crippen molar-refractivity contribution in [3.63, 3.8) is 0 Å². The van der Waals surface area contributed by atoms with Gasteiger partial charge in [0.15, 0.2) is 0 Å². The van der Waals surface area contributed by atoms with Gasteiger partial charge in [0, 0.05) is 24.0 Å². The number of amides is 1. The van der Waals surface area contributed by atoms with E-state index in [2.05, 4.69) is 10.3 Å². The first-order chi connectivity index (χ1) is 21.4. The number of benzene rings is 3. The van der Waals surface area contributed by atoms with Gasteiger partial charge in [0.25, 0.3) is 5.91 Å². The zero-order chi connectivity index (χ0) is 32.9. The van der Waals surface area contributed by atoms with Crippen molar-refractivity contribution in [2.24, 2.45) is 0 Å². The van der Waals surface area contributed by atoms with Crippen molar-refractivity contribution < 1.29 is 50.5 Å². The number of nitrogens with one attached hydrogen (secondary N) is 1. The Kier molecular flexibility index (Phi) is 10.2. The monoisotopic (exact) mass is 632 g/mol. The van der Waals surface area contributed by atoms with E-state index in [9.17, 15) is 31.5 Å². The molecule has 1 atom stereocenters. The van der Waals surface area contributed by atoms with Gasteiger partial charge in [-0.25, -0.2) is 18.6 Å².